The number of nitrogens with zero attached hydrogens (tertiary/aromatic N) is 4. The smallest absolute Gasteiger partial charge is 0.164 e. The first-order chi connectivity index (χ1) is 25.7. The van der Waals surface area contributed by atoms with E-state index >= 15 is 0 Å². The van der Waals surface area contributed by atoms with Crippen LogP contribution < -0.4 is 0 Å². The Balaban J connectivity index is 1.09. The molecule has 6 heteroatoms. The Labute approximate surface area is 306 Å². The number of rotatable bonds is 4. The standard InChI is InChI=1S/C46H26N4S2/c1-2-10-29(11-3-1)46-47-38-20-21-39-41(42(38)52-46)37-25-36-24-35(19-16-32(36)26-40(37)51-39)45-49-43(33-17-14-27-8-4-6-12-30(27)22-33)48-44(50-45)34-18-15-28-9-5-7-13-31(28)23-34/h1-26H. The maximum absolute atomic E-state index is 5.12. The molecule has 3 heterocycles. The van der Waals surface area contributed by atoms with Gasteiger partial charge >= 0.3 is 0 Å². The van der Waals surface area contributed by atoms with Crippen LogP contribution in [-0.4, -0.2) is 19.9 Å². The molecule has 0 saturated heterocycles. The van der Waals surface area contributed by atoms with Crippen molar-refractivity contribution in [2.75, 3.05) is 0 Å². The molecule has 0 saturated carbocycles. The summed E-state index contributed by atoms with van der Waals surface area (Å²) in [7, 11) is 0. The third-order valence-electron chi connectivity index (χ3n) is 9.88. The fraction of sp³-hybridized carbons (Fsp3) is 0. The predicted octanol–water partition coefficient (Wildman–Crippen LogP) is 13.0. The molecule has 0 amide bonds. The van der Waals surface area contributed by atoms with Gasteiger partial charge in [-0.2, -0.15) is 0 Å². The topological polar surface area (TPSA) is 51.6 Å². The van der Waals surface area contributed by atoms with Crippen LogP contribution in [0.3, 0.4) is 0 Å². The molecule has 3 aromatic heterocycles. The lowest BCUT2D eigenvalue weighted by atomic mass is 10.0. The summed E-state index contributed by atoms with van der Waals surface area (Å²) in [6.45, 7) is 0. The van der Waals surface area contributed by atoms with E-state index in [-0.39, 0.29) is 0 Å². The van der Waals surface area contributed by atoms with Crippen molar-refractivity contribution < 1.29 is 0 Å². The summed E-state index contributed by atoms with van der Waals surface area (Å²) in [5, 5.41) is 10.6. The Hall–Kier alpha value is -6.34. The highest BCUT2D eigenvalue weighted by molar-refractivity contribution is 7.28. The quantitative estimate of drug-likeness (QED) is 0.184. The minimum atomic E-state index is 0.649. The van der Waals surface area contributed by atoms with Crippen molar-refractivity contribution in [2.24, 2.45) is 0 Å². The minimum Gasteiger partial charge on any atom is -0.236 e. The number of benzene rings is 8. The fourth-order valence-corrected chi connectivity index (χ4v) is 9.59. The van der Waals surface area contributed by atoms with Crippen molar-refractivity contribution in [3.05, 3.63) is 158 Å². The van der Waals surface area contributed by atoms with Crippen molar-refractivity contribution >= 4 is 85.4 Å². The van der Waals surface area contributed by atoms with Crippen molar-refractivity contribution in [1.29, 1.82) is 0 Å². The number of hydrogen-bond donors (Lipinski definition) is 0. The van der Waals surface area contributed by atoms with Gasteiger partial charge in [0.1, 0.15) is 5.01 Å². The largest absolute Gasteiger partial charge is 0.236 e. The lowest BCUT2D eigenvalue weighted by Gasteiger charge is -2.10. The number of thiazole rings is 1. The van der Waals surface area contributed by atoms with Gasteiger partial charge < -0.3 is 0 Å². The van der Waals surface area contributed by atoms with Crippen LogP contribution in [0.25, 0.3) is 107 Å². The van der Waals surface area contributed by atoms with Crippen LogP contribution in [0.5, 0.6) is 0 Å². The third kappa shape index (κ3) is 4.88. The number of thiophene rings is 1. The maximum Gasteiger partial charge on any atom is 0.164 e. The van der Waals surface area contributed by atoms with Crippen molar-refractivity contribution in [2.45, 2.75) is 0 Å². The van der Waals surface area contributed by atoms with Crippen LogP contribution in [-0.2, 0) is 0 Å². The molecule has 0 spiro atoms. The first kappa shape index (κ1) is 29.4. The molecule has 242 valence electrons. The van der Waals surface area contributed by atoms with Crippen molar-refractivity contribution in [1.82, 2.24) is 19.9 Å². The van der Waals surface area contributed by atoms with E-state index in [1.54, 1.807) is 11.3 Å². The normalized spacial score (nSPS) is 11.8. The Bertz CT molecular complexity index is 3100. The van der Waals surface area contributed by atoms with Gasteiger partial charge in [0.25, 0.3) is 0 Å². The summed E-state index contributed by atoms with van der Waals surface area (Å²) in [6.07, 6.45) is 0. The maximum atomic E-state index is 5.12. The summed E-state index contributed by atoms with van der Waals surface area (Å²) in [4.78, 5) is 20.4. The Kier molecular flexibility index (Phi) is 6.56. The summed E-state index contributed by atoms with van der Waals surface area (Å²) >= 11 is 3.62. The van der Waals surface area contributed by atoms with Gasteiger partial charge in [0, 0.05) is 42.4 Å². The van der Waals surface area contributed by atoms with E-state index in [0.717, 1.165) is 48.9 Å². The van der Waals surface area contributed by atoms with Gasteiger partial charge in [0.15, 0.2) is 17.5 Å². The van der Waals surface area contributed by atoms with Gasteiger partial charge in [0.05, 0.1) is 10.2 Å². The molecule has 11 aromatic rings. The third-order valence-corrected chi connectivity index (χ3v) is 12.1. The first-order valence-corrected chi connectivity index (χ1v) is 18.8. The summed E-state index contributed by atoms with van der Waals surface area (Å²) in [5.74, 6) is 1.95. The highest BCUT2D eigenvalue weighted by Gasteiger charge is 2.17. The predicted molar refractivity (Wildman–Crippen MR) is 220 cm³/mol. The van der Waals surface area contributed by atoms with Crippen LogP contribution in [0.1, 0.15) is 0 Å². The molecule has 8 aromatic carbocycles. The van der Waals surface area contributed by atoms with Crippen molar-refractivity contribution in [3.8, 4) is 44.7 Å². The van der Waals surface area contributed by atoms with Crippen LogP contribution in [0.4, 0.5) is 0 Å². The van der Waals surface area contributed by atoms with E-state index in [9.17, 15) is 0 Å². The second kappa shape index (κ2) is 11.6. The fourth-order valence-electron chi connectivity index (χ4n) is 7.25. The van der Waals surface area contributed by atoms with Gasteiger partial charge in [-0.1, -0.05) is 115 Å². The van der Waals surface area contributed by atoms with E-state index in [1.807, 2.05) is 17.4 Å². The first-order valence-electron chi connectivity index (χ1n) is 17.2. The molecule has 0 aliphatic rings. The van der Waals surface area contributed by atoms with Gasteiger partial charge in [-0.25, -0.2) is 19.9 Å². The van der Waals surface area contributed by atoms with Gasteiger partial charge in [-0.3, -0.25) is 0 Å². The minimum absolute atomic E-state index is 0.649. The molecule has 11 rings (SSSR count). The second-order valence-corrected chi connectivity index (χ2v) is 15.2. The Morgan fingerprint density at radius 3 is 1.52 bits per heavy atom. The summed E-state index contributed by atoms with van der Waals surface area (Å²) in [6, 6.07) is 55.7. The Morgan fingerprint density at radius 1 is 0.346 bits per heavy atom. The summed E-state index contributed by atoms with van der Waals surface area (Å²) in [5.41, 5.74) is 5.06. The number of aromatic nitrogens is 4. The zero-order valence-corrected chi connectivity index (χ0v) is 29.2. The van der Waals surface area contributed by atoms with E-state index in [4.69, 9.17) is 19.9 Å². The number of hydrogen-bond acceptors (Lipinski definition) is 6. The van der Waals surface area contributed by atoms with Gasteiger partial charge in [0.2, 0.25) is 0 Å². The molecule has 52 heavy (non-hydrogen) atoms. The molecule has 0 unspecified atom stereocenters. The highest BCUT2D eigenvalue weighted by atomic mass is 32.1. The molecule has 0 bridgehead atoms. The van der Waals surface area contributed by atoms with Crippen LogP contribution >= 0.6 is 22.7 Å². The highest BCUT2D eigenvalue weighted by Crippen LogP contribution is 2.44. The van der Waals surface area contributed by atoms with Crippen molar-refractivity contribution in [3.63, 3.8) is 0 Å². The molecule has 0 fully saturated rings. The molecule has 4 nitrogen and oxygen atoms in total. The molecule has 0 aliphatic carbocycles. The van der Waals surface area contributed by atoms with E-state index in [0.29, 0.717) is 17.5 Å². The average Bonchev–Trinajstić information content (AvgIpc) is 3.81. The lowest BCUT2D eigenvalue weighted by Crippen LogP contribution is -2.00. The Morgan fingerprint density at radius 2 is 0.885 bits per heavy atom. The molecule has 0 N–H and O–H groups in total. The second-order valence-electron chi connectivity index (χ2n) is 13.1. The number of fused-ring (bicyclic) bond motifs is 8. The zero-order chi connectivity index (χ0) is 34.2. The van der Waals surface area contributed by atoms with Crippen LogP contribution in [0.2, 0.25) is 0 Å². The van der Waals surface area contributed by atoms with E-state index < -0.39 is 0 Å². The van der Waals surface area contributed by atoms with Gasteiger partial charge in [-0.05, 0) is 74.8 Å². The molecular weight excluding hydrogens is 673 g/mol. The average molecular weight is 699 g/mol. The molecule has 0 radical (unpaired) electrons. The van der Waals surface area contributed by atoms with E-state index in [1.165, 1.54) is 41.0 Å². The zero-order valence-electron chi connectivity index (χ0n) is 27.6. The van der Waals surface area contributed by atoms with Crippen LogP contribution in [0.15, 0.2) is 158 Å². The SMILES string of the molecule is c1ccc(-c2nc3ccc4sc5cc6ccc(-c7nc(-c8ccc9ccccc9c8)nc(-c8ccc9ccccc9c8)n7)cc6cc5c4c3s2)cc1. The van der Waals surface area contributed by atoms with Gasteiger partial charge in [-0.15, -0.1) is 22.7 Å². The lowest BCUT2D eigenvalue weighted by molar-refractivity contribution is 1.08. The molecule has 0 aliphatic heterocycles. The monoisotopic (exact) mass is 698 g/mol. The molecular formula is C46H26N4S2. The van der Waals surface area contributed by atoms with E-state index in [2.05, 4.69) is 152 Å². The summed E-state index contributed by atoms with van der Waals surface area (Å²) < 4.78 is 3.78. The van der Waals surface area contributed by atoms with Crippen LogP contribution in [0, 0.1) is 0 Å². The molecule has 0 atom stereocenters.